The summed E-state index contributed by atoms with van der Waals surface area (Å²) in [6.45, 7) is 0. The zero-order valence-corrected chi connectivity index (χ0v) is 6.16. The van der Waals surface area contributed by atoms with Gasteiger partial charge in [-0.3, -0.25) is 4.79 Å². The van der Waals surface area contributed by atoms with E-state index in [0.29, 0.717) is 6.20 Å². The van der Waals surface area contributed by atoms with Crippen LogP contribution in [0, 0.1) is 0 Å². The van der Waals surface area contributed by atoms with E-state index in [9.17, 15) is 18.0 Å². The summed E-state index contributed by atoms with van der Waals surface area (Å²) in [6, 6.07) is 0. The van der Waals surface area contributed by atoms with Gasteiger partial charge in [-0.25, -0.2) is 0 Å². The Kier molecular flexibility index (Phi) is 2.89. The second-order valence-corrected chi connectivity index (χ2v) is 2.20. The molecule has 6 heteroatoms. The van der Waals surface area contributed by atoms with E-state index < -0.39 is 16.4 Å². The van der Waals surface area contributed by atoms with Crippen molar-refractivity contribution in [2.45, 2.75) is 6.18 Å². The standard InChI is InChI=1S/C4H3BrF3NO/c5-2(1-9)3(10)4(6,7)8/h1H,9H2/b2-1-. The molecule has 0 radical (unpaired) electrons. The number of allylic oxidation sites excluding steroid dienone is 1. The van der Waals surface area contributed by atoms with Gasteiger partial charge in [0.1, 0.15) is 0 Å². The Balaban J connectivity index is 4.39. The number of hydrogen-bond acceptors (Lipinski definition) is 2. The van der Waals surface area contributed by atoms with E-state index >= 15 is 0 Å². The van der Waals surface area contributed by atoms with Crippen molar-refractivity contribution < 1.29 is 18.0 Å². The van der Waals surface area contributed by atoms with Gasteiger partial charge in [-0.05, 0) is 15.9 Å². The summed E-state index contributed by atoms with van der Waals surface area (Å²) in [4.78, 5) is 10.1. The fraction of sp³-hybridized carbons (Fsp3) is 0.250. The van der Waals surface area contributed by atoms with Crippen molar-refractivity contribution >= 4 is 21.7 Å². The zero-order valence-electron chi connectivity index (χ0n) is 4.57. The van der Waals surface area contributed by atoms with Gasteiger partial charge in [-0.15, -0.1) is 0 Å². The van der Waals surface area contributed by atoms with Gasteiger partial charge < -0.3 is 5.73 Å². The average molecular weight is 218 g/mol. The van der Waals surface area contributed by atoms with Crippen LogP contribution in [0.2, 0.25) is 0 Å². The van der Waals surface area contributed by atoms with Crippen LogP contribution in [-0.4, -0.2) is 12.0 Å². The fourth-order valence-electron chi connectivity index (χ4n) is 0.211. The van der Waals surface area contributed by atoms with Crippen LogP contribution >= 0.6 is 15.9 Å². The van der Waals surface area contributed by atoms with Gasteiger partial charge in [0.15, 0.2) is 0 Å². The van der Waals surface area contributed by atoms with Crippen LogP contribution in [0.3, 0.4) is 0 Å². The lowest BCUT2D eigenvalue weighted by atomic mass is 10.4. The topological polar surface area (TPSA) is 43.1 Å². The van der Waals surface area contributed by atoms with Crippen LogP contribution < -0.4 is 5.73 Å². The molecule has 10 heavy (non-hydrogen) atoms. The van der Waals surface area contributed by atoms with Gasteiger partial charge in [0.2, 0.25) is 0 Å². The molecule has 0 aliphatic rings. The van der Waals surface area contributed by atoms with Crippen molar-refractivity contribution in [2.75, 3.05) is 0 Å². The number of hydrogen-bond donors (Lipinski definition) is 1. The van der Waals surface area contributed by atoms with Crippen LogP contribution in [0.15, 0.2) is 10.7 Å². The molecule has 0 amide bonds. The number of ketones is 1. The minimum absolute atomic E-state index is 0.551. The molecule has 0 aromatic heterocycles. The van der Waals surface area contributed by atoms with E-state index in [1.807, 2.05) is 0 Å². The van der Waals surface area contributed by atoms with E-state index in [1.165, 1.54) is 0 Å². The number of Topliss-reactive ketones (excluding diaryl/α,β-unsaturated/α-hetero) is 1. The maximum absolute atomic E-state index is 11.4. The third kappa shape index (κ3) is 2.38. The highest BCUT2D eigenvalue weighted by Gasteiger charge is 2.39. The molecule has 58 valence electrons. The monoisotopic (exact) mass is 217 g/mol. The first kappa shape index (κ1) is 9.48. The summed E-state index contributed by atoms with van der Waals surface area (Å²) in [5.41, 5.74) is 4.64. The predicted octanol–water partition coefficient (Wildman–Crippen LogP) is 1.31. The van der Waals surface area contributed by atoms with E-state index in [0.717, 1.165) is 0 Å². The van der Waals surface area contributed by atoms with E-state index in [4.69, 9.17) is 0 Å². The average Bonchev–Trinajstić information content (AvgIpc) is 1.83. The number of nitrogens with two attached hydrogens (primary N) is 1. The Morgan fingerprint density at radius 1 is 1.50 bits per heavy atom. The minimum Gasteiger partial charge on any atom is -0.404 e. The van der Waals surface area contributed by atoms with Gasteiger partial charge in [-0.2, -0.15) is 13.2 Å². The normalized spacial score (nSPS) is 13.4. The molecule has 0 atom stereocenters. The molecular weight excluding hydrogens is 215 g/mol. The number of alkyl halides is 3. The Morgan fingerprint density at radius 3 is 2.00 bits per heavy atom. The SMILES string of the molecule is N/C=C(\Br)C(=O)C(F)(F)F. The van der Waals surface area contributed by atoms with Crippen LogP contribution in [0.25, 0.3) is 0 Å². The quantitative estimate of drug-likeness (QED) is 0.674. The molecule has 0 bridgehead atoms. The first-order valence-electron chi connectivity index (χ1n) is 2.08. The lowest BCUT2D eigenvalue weighted by Gasteiger charge is -2.01. The van der Waals surface area contributed by atoms with Crippen molar-refractivity contribution in [1.82, 2.24) is 0 Å². The lowest BCUT2D eigenvalue weighted by Crippen LogP contribution is -2.22. The fourth-order valence-corrected chi connectivity index (χ4v) is 0.436. The maximum Gasteiger partial charge on any atom is 0.455 e. The first-order chi connectivity index (χ1) is 4.39. The molecule has 0 spiro atoms. The third-order valence-corrected chi connectivity index (χ3v) is 1.25. The van der Waals surface area contributed by atoms with Gasteiger partial charge in [0.25, 0.3) is 5.78 Å². The second kappa shape index (κ2) is 3.05. The highest BCUT2D eigenvalue weighted by molar-refractivity contribution is 9.12. The first-order valence-corrected chi connectivity index (χ1v) is 2.88. The number of halogens is 4. The molecule has 0 aliphatic carbocycles. The summed E-state index contributed by atoms with van der Waals surface area (Å²) in [5.74, 6) is -1.98. The highest BCUT2D eigenvalue weighted by Crippen LogP contribution is 2.22. The highest BCUT2D eigenvalue weighted by atomic mass is 79.9. The number of carbonyl (C=O) groups is 1. The zero-order chi connectivity index (χ0) is 8.36. The van der Waals surface area contributed by atoms with Crippen LogP contribution in [0.1, 0.15) is 0 Å². The molecular formula is C4H3BrF3NO. The molecule has 2 N–H and O–H groups in total. The van der Waals surface area contributed by atoms with Gasteiger partial charge >= 0.3 is 6.18 Å². The predicted molar refractivity (Wildman–Crippen MR) is 32.3 cm³/mol. The summed E-state index contributed by atoms with van der Waals surface area (Å²) < 4.78 is 33.6. The van der Waals surface area contributed by atoms with Gasteiger partial charge in [-0.1, -0.05) is 0 Å². The van der Waals surface area contributed by atoms with Gasteiger partial charge in [0.05, 0.1) is 4.48 Å². The summed E-state index contributed by atoms with van der Waals surface area (Å²) in [5, 5.41) is 0. The molecule has 0 fully saturated rings. The molecule has 0 saturated carbocycles. The van der Waals surface area contributed by atoms with Crippen LogP contribution in [-0.2, 0) is 4.79 Å². The number of rotatable bonds is 1. The third-order valence-electron chi connectivity index (χ3n) is 0.621. The lowest BCUT2D eigenvalue weighted by molar-refractivity contribution is -0.165. The van der Waals surface area contributed by atoms with E-state index in [-0.39, 0.29) is 0 Å². The Labute approximate surface area is 63.0 Å². The Hall–Kier alpha value is -0.520. The van der Waals surface area contributed by atoms with Crippen molar-refractivity contribution in [2.24, 2.45) is 5.73 Å². The molecule has 0 aliphatic heterocycles. The van der Waals surface area contributed by atoms with E-state index in [2.05, 4.69) is 21.7 Å². The Morgan fingerprint density at radius 2 is 1.90 bits per heavy atom. The van der Waals surface area contributed by atoms with Crippen molar-refractivity contribution in [3.8, 4) is 0 Å². The van der Waals surface area contributed by atoms with Crippen LogP contribution in [0.4, 0.5) is 13.2 Å². The minimum atomic E-state index is -4.85. The maximum atomic E-state index is 11.4. The molecule has 0 unspecified atom stereocenters. The summed E-state index contributed by atoms with van der Waals surface area (Å²) >= 11 is 2.34. The Bertz CT molecular complexity index is 174. The van der Waals surface area contributed by atoms with Gasteiger partial charge in [0, 0.05) is 6.20 Å². The second-order valence-electron chi connectivity index (χ2n) is 1.34. The molecule has 2 nitrogen and oxygen atoms in total. The molecule has 0 aromatic rings. The van der Waals surface area contributed by atoms with E-state index in [1.54, 1.807) is 0 Å². The molecule has 0 rings (SSSR count). The molecule has 0 saturated heterocycles. The number of carbonyl (C=O) groups excluding carboxylic acids is 1. The van der Waals surface area contributed by atoms with Crippen LogP contribution in [0.5, 0.6) is 0 Å². The summed E-state index contributed by atoms with van der Waals surface area (Å²) in [6.07, 6.45) is -4.30. The molecule has 0 heterocycles. The van der Waals surface area contributed by atoms with Crippen molar-refractivity contribution in [1.29, 1.82) is 0 Å². The summed E-state index contributed by atoms with van der Waals surface area (Å²) in [7, 11) is 0. The van der Waals surface area contributed by atoms with Crippen molar-refractivity contribution in [3.63, 3.8) is 0 Å². The molecule has 0 aromatic carbocycles. The van der Waals surface area contributed by atoms with Crippen molar-refractivity contribution in [3.05, 3.63) is 10.7 Å². The largest absolute Gasteiger partial charge is 0.455 e. The smallest absolute Gasteiger partial charge is 0.404 e.